The summed E-state index contributed by atoms with van der Waals surface area (Å²) in [4.78, 5) is 14.6. The molecule has 5 heteroatoms. The van der Waals surface area contributed by atoms with Gasteiger partial charge in [0.15, 0.2) is 5.78 Å². The molecule has 98 valence electrons. The Balaban J connectivity index is 1.59. The highest BCUT2D eigenvalue weighted by Crippen LogP contribution is 2.23. The van der Waals surface area contributed by atoms with Crippen LogP contribution in [0.15, 0.2) is 12.3 Å². The molecule has 2 aliphatic rings. The fourth-order valence-corrected chi connectivity index (χ4v) is 2.86. The van der Waals surface area contributed by atoms with Crippen molar-refractivity contribution in [3.63, 3.8) is 0 Å². The molecule has 0 spiro atoms. The van der Waals surface area contributed by atoms with Crippen molar-refractivity contribution < 1.29 is 9.53 Å². The molecule has 0 radical (unpaired) electrons. The van der Waals surface area contributed by atoms with Gasteiger partial charge in [-0.1, -0.05) is 0 Å². The van der Waals surface area contributed by atoms with Crippen LogP contribution in [0, 0.1) is 0 Å². The number of nitrogens with zero attached hydrogens (tertiary/aromatic N) is 3. The van der Waals surface area contributed by atoms with Crippen LogP contribution >= 0.6 is 0 Å². The van der Waals surface area contributed by atoms with Crippen LogP contribution in [-0.4, -0.2) is 52.3 Å². The van der Waals surface area contributed by atoms with Crippen LogP contribution in [-0.2, 0) is 23.0 Å². The van der Waals surface area contributed by atoms with Crippen molar-refractivity contribution in [1.29, 1.82) is 0 Å². The number of rotatable bonds is 3. The van der Waals surface area contributed by atoms with Gasteiger partial charge in [0.2, 0.25) is 0 Å². The molecule has 0 amide bonds. The van der Waals surface area contributed by atoms with Gasteiger partial charge >= 0.3 is 0 Å². The lowest BCUT2D eigenvalue weighted by atomic mass is 10.1. The van der Waals surface area contributed by atoms with E-state index in [1.54, 1.807) is 4.68 Å². The number of morpholine rings is 1. The summed E-state index contributed by atoms with van der Waals surface area (Å²) >= 11 is 0. The van der Waals surface area contributed by atoms with Crippen LogP contribution in [0.1, 0.15) is 18.5 Å². The van der Waals surface area contributed by atoms with Crippen molar-refractivity contribution in [3.05, 3.63) is 18.0 Å². The molecule has 2 atom stereocenters. The normalized spacial score (nSPS) is 28.3. The maximum absolute atomic E-state index is 12.2. The van der Waals surface area contributed by atoms with E-state index >= 15 is 0 Å². The van der Waals surface area contributed by atoms with Gasteiger partial charge in [0, 0.05) is 25.8 Å². The van der Waals surface area contributed by atoms with E-state index in [1.807, 2.05) is 19.3 Å². The minimum absolute atomic E-state index is 0.152. The predicted octanol–water partition coefficient (Wildman–Crippen LogP) is 0.395. The largest absolute Gasteiger partial charge is 0.367 e. The summed E-state index contributed by atoms with van der Waals surface area (Å²) in [5.41, 5.74) is 0.828. The number of hydrogen-bond acceptors (Lipinski definition) is 4. The van der Waals surface area contributed by atoms with E-state index in [1.165, 1.54) is 12.8 Å². The Morgan fingerprint density at radius 3 is 3.28 bits per heavy atom. The van der Waals surface area contributed by atoms with Gasteiger partial charge in [0.05, 0.1) is 18.7 Å². The molecule has 0 saturated carbocycles. The molecule has 18 heavy (non-hydrogen) atoms. The predicted molar refractivity (Wildman–Crippen MR) is 66.3 cm³/mol. The summed E-state index contributed by atoms with van der Waals surface area (Å²) in [7, 11) is 1.86. The van der Waals surface area contributed by atoms with E-state index in [0.29, 0.717) is 19.1 Å². The molecular formula is C13H19N3O2. The van der Waals surface area contributed by atoms with Crippen LogP contribution < -0.4 is 0 Å². The van der Waals surface area contributed by atoms with Crippen molar-refractivity contribution in [2.45, 2.75) is 31.4 Å². The molecule has 0 N–H and O–H groups in total. The second-order valence-corrected chi connectivity index (χ2v) is 5.24. The molecule has 1 aromatic heterocycles. The Morgan fingerprint density at radius 1 is 1.61 bits per heavy atom. The highest BCUT2D eigenvalue weighted by molar-refractivity contribution is 5.85. The van der Waals surface area contributed by atoms with E-state index in [4.69, 9.17) is 4.74 Å². The van der Waals surface area contributed by atoms with E-state index in [-0.39, 0.29) is 11.9 Å². The molecule has 5 nitrogen and oxygen atoms in total. The minimum Gasteiger partial charge on any atom is -0.367 e. The topological polar surface area (TPSA) is 47.4 Å². The van der Waals surface area contributed by atoms with Crippen molar-refractivity contribution in [2.75, 3.05) is 19.7 Å². The molecule has 2 aliphatic heterocycles. The molecule has 0 aromatic carbocycles. The lowest BCUT2D eigenvalue weighted by Crippen LogP contribution is -2.49. The Bertz CT molecular complexity index is 443. The summed E-state index contributed by atoms with van der Waals surface area (Å²) in [5.74, 6) is 0.152. The standard InChI is InChI=1S/C13H19N3O2/c1-15-6-4-10(14-15)7-12(17)13-8-16-5-2-3-11(16)9-18-13/h4,6,11,13H,2-3,5,7-9H2,1H3. The lowest BCUT2D eigenvalue weighted by Gasteiger charge is -2.34. The number of hydrogen-bond donors (Lipinski definition) is 0. The van der Waals surface area contributed by atoms with Gasteiger partial charge in [-0.2, -0.15) is 5.10 Å². The van der Waals surface area contributed by atoms with E-state index in [9.17, 15) is 4.79 Å². The molecule has 3 heterocycles. The highest BCUT2D eigenvalue weighted by atomic mass is 16.5. The van der Waals surface area contributed by atoms with Gasteiger partial charge in [0.1, 0.15) is 6.10 Å². The van der Waals surface area contributed by atoms with Crippen molar-refractivity contribution in [1.82, 2.24) is 14.7 Å². The fourth-order valence-electron chi connectivity index (χ4n) is 2.86. The van der Waals surface area contributed by atoms with Gasteiger partial charge in [0.25, 0.3) is 0 Å². The van der Waals surface area contributed by atoms with Crippen LogP contribution in [0.3, 0.4) is 0 Å². The summed E-state index contributed by atoms with van der Waals surface area (Å²) in [5, 5.41) is 4.24. The highest BCUT2D eigenvalue weighted by Gasteiger charge is 2.35. The van der Waals surface area contributed by atoms with Crippen molar-refractivity contribution >= 4 is 5.78 Å². The molecule has 3 rings (SSSR count). The third kappa shape index (κ3) is 2.33. The van der Waals surface area contributed by atoms with Crippen molar-refractivity contribution in [3.8, 4) is 0 Å². The smallest absolute Gasteiger partial charge is 0.168 e. The number of carbonyl (C=O) groups excluding carboxylic acids is 1. The monoisotopic (exact) mass is 249 g/mol. The lowest BCUT2D eigenvalue weighted by molar-refractivity contribution is -0.137. The van der Waals surface area contributed by atoms with Crippen LogP contribution in [0.25, 0.3) is 0 Å². The van der Waals surface area contributed by atoms with Crippen LogP contribution in [0.5, 0.6) is 0 Å². The third-order valence-electron chi connectivity index (χ3n) is 3.87. The average Bonchev–Trinajstić information content (AvgIpc) is 2.96. The van der Waals surface area contributed by atoms with E-state index in [0.717, 1.165) is 18.8 Å². The van der Waals surface area contributed by atoms with Crippen LogP contribution in [0.4, 0.5) is 0 Å². The quantitative estimate of drug-likeness (QED) is 0.778. The van der Waals surface area contributed by atoms with Gasteiger partial charge < -0.3 is 4.74 Å². The number of ether oxygens (including phenoxy) is 1. The third-order valence-corrected chi connectivity index (χ3v) is 3.87. The zero-order valence-electron chi connectivity index (χ0n) is 10.7. The summed E-state index contributed by atoms with van der Waals surface area (Å²) in [6.07, 6.45) is 4.42. The Hall–Kier alpha value is -1.20. The molecule has 2 fully saturated rings. The zero-order chi connectivity index (χ0) is 12.5. The maximum Gasteiger partial charge on any atom is 0.168 e. The molecule has 2 unspecified atom stereocenters. The Labute approximate surface area is 107 Å². The molecule has 2 saturated heterocycles. The summed E-state index contributed by atoms with van der Waals surface area (Å²) in [6, 6.07) is 2.43. The molecule has 1 aromatic rings. The van der Waals surface area contributed by atoms with Gasteiger partial charge in [-0.3, -0.25) is 14.4 Å². The SMILES string of the molecule is Cn1ccc(CC(=O)C2CN3CCCC3CO2)n1. The number of carbonyl (C=O) groups is 1. The first kappa shape index (κ1) is 11.9. The summed E-state index contributed by atoms with van der Waals surface area (Å²) < 4.78 is 7.43. The first-order valence-electron chi connectivity index (χ1n) is 6.59. The van der Waals surface area contributed by atoms with Crippen LogP contribution in [0.2, 0.25) is 0 Å². The number of aryl methyl sites for hydroxylation is 1. The molecular weight excluding hydrogens is 230 g/mol. The molecule has 0 bridgehead atoms. The zero-order valence-corrected chi connectivity index (χ0v) is 10.7. The maximum atomic E-state index is 12.2. The van der Waals surface area contributed by atoms with Crippen molar-refractivity contribution in [2.24, 2.45) is 7.05 Å². The Kier molecular flexibility index (Phi) is 3.18. The number of aromatic nitrogens is 2. The Morgan fingerprint density at radius 2 is 2.50 bits per heavy atom. The minimum atomic E-state index is -0.263. The molecule has 0 aliphatic carbocycles. The fraction of sp³-hybridized carbons (Fsp3) is 0.692. The number of Topliss-reactive ketones (excluding diaryl/α,β-unsaturated/α-hetero) is 1. The first-order chi connectivity index (χ1) is 8.72. The van der Waals surface area contributed by atoms with E-state index < -0.39 is 0 Å². The summed E-state index contributed by atoms with van der Waals surface area (Å²) in [6.45, 7) is 2.58. The first-order valence-corrected chi connectivity index (χ1v) is 6.59. The average molecular weight is 249 g/mol. The second-order valence-electron chi connectivity index (χ2n) is 5.24. The number of fused-ring (bicyclic) bond motifs is 1. The second kappa shape index (κ2) is 4.82. The number of ketones is 1. The van der Waals surface area contributed by atoms with Gasteiger partial charge in [-0.05, 0) is 25.5 Å². The van der Waals surface area contributed by atoms with Gasteiger partial charge in [-0.25, -0.2) is 0 Å². The van der Waals surface area contributed by atoms with E-state index in [2.05, 4.69) is 10.00 Å². The van der Waals surface area contributed by atoms with Gasteiger partial charge in [-0.15, -0.1) is 0 Å².